The summed E-state index contributed by atoms with van der Waals surface area (Å²) < 4.78 is 18.6. The lowest BCUT2D eigenvalue weighted by Gasteiger charge is -2.08. The number of hydrogen-bond acceptors (Lipinski definition) is 2. The van der Waals surface area contributed by atoms with Crippen LogP contribution in [0.1, 0.15) is 11.1 Å². The second-order valence-electron chi connectivity index (χ2n) is 5.78. The zero-order valence-corrected chi connectivity index (χ0v) is 15.1. The lowest BCUT2D eigenvalue weighted by atomic mass is 10.2. The highest BCUT2D eigenvalue weighted by Gasteiger charge is 2.02. The molecule has 0 aliphatic heterocycles. The highest BCUT2D eigenvalue weighted by molar-refractivity contribution is 6.32. The van der Waals surface area contributed by atoms with Crippen molar-refractivity contribution in [3.05, 3.63) is 101 Å². The SMILES string of the molecule is O=C(/C=C/c1ccccc1Cl)NCc1cccc(Oc2ccc(F)cc2)c1. The lowest BCUT2D eigenvalue weighted by Crippen LogP contribution is -2.20. The fourth-order valence-electron chi connectivity index (χ4n) is 2.38. The molecule has 0 aliphatic carbocycles. The summed E-state index contributed by atoms with van der Waals surface area (Å²) in [5.74, 6) is 0.614. The predicted octanol–water partition coefficient (Wildman–Crippen LogP) is 5.60. The van der Waals surface area contributed by atoms with Crippen LogP contribution in [0.25, 0.3) is 6.08 Å². The number of rotatable bonds is 6. The van der Waals surface area contributed by atoms with E-state index in [4.69, 9.17) is 16.3 Å². The second kappa shape index (κ2) is 9.01. The van der Waals surface area contributed by atoms with E-state index >= 15 is 0 Å². The van der Waals surface area contributed by atoms with Gasteiger partial charge in [0.2, 0.25) is 5.91 Å². The Morgan fingerprint density at radius 3 is 2.56 bits per heavy atom. The third-order valence-electron chi connectivity index (χ3n) is 3.73. The molecule has 0 aliphatic rings. The Morgan fingerprint density at radius 2 is 1.78 bits per heavy atom. The molecule has 1 N–H and O–H groups in total. The summed E-state index contributed by atoms with van der Waals surface area (Å²) in [6.45, 7) is 0.353. The summed E-state index contributed by atoms with van der Waals surface area (Å²) in [4.78, 5) is 12.0. The average Bonchev–Trinajstić information content (AvgIpc) is 2.68. The largest absolute Gasteiger partial charge is 0.457 e. The number of amides is 1. The van der Waals surface area contributed by atoms with Crippen LogP contribution in [0.3, 0.4) is 0 Å². The van der Waals surface area contributed by atoms with E-state index in [9.17, 15) is 9.18 Å². The molecule has 3 aromatic rings. The van der Waals surface area contributed by atoms with E-state index in [2.05, 4.69) is 5.32 Å². The molecule has 1 amide bonds. The zero-order valence-electron chi connectivity index (χ0n) is 14.4. The summed E-state index contributed by atoms with van der Waals surface area (Å²) in [5.41, 5.74) is 1.66. The van der Waals surface area contributed by atoms with Gasteiger partial charge < -0.3 is 10.1 Å². The van der Waals surface area contributed by atoms with Crippen LogP contribution < -0.4 is 10.1 Å². The summed E-state index contributed by atoms with van der Waals surface area (Å²) in [7, 11) is 0. The van der Waals surface area contributed by atoms with E-state index in [0.29, 0.717) is 23.1 Å². The Balaban J connectivity index is 1.57. The molecule has 0 fully saturated rings. The lowest BCUT2D eigenvalue weighted by molar-refractivity contribution is -0.116. The van der Waals surface area contributed by atoms with Crippen molar-refractivity contribution in [2.24, 2.45) is 0 Å². The molecule has 3 nitrogen and oxygen atoms in total. The van der Waals surface area contributed by atoms with Crippen molar-refractivity contribution in [2.45, 2.75) is 6.54 Å². The monoisotopic (exact) mass is 381 g/mol. The minimum Gasteiger partial charge on any atom is -0.457 e. The van der Waals surface area contributed by atoms with Crippen molar-refractivity contribution < 1.29 is 13.9 Å². The number of hydrogen-bond donors (Lipinski definition) is 1. The Bertz CT molecular complexity index is 955. The number of benzene rings is 3. The third-order valence-corrected chi connectivity index (χ3v) is 4.08. The Morgan fingerprint density at radius 1 is 1.00 bits per heavy atom. The molecule has 0 atom stereocenters. The molecule has 0 unspecified atom stereocenters. The van der Waals surface area contributed by atoms with Crippen molar-refractivity contribution in [1.29, 1.82) is 0 Å². The van der Waals surface area contributed by atoms with Crippen LogP contribution in [0.2, 0.25) is 5.02 Å². The molecule has 3 rings (SSSR count). The van der Waals surface area contributed by atoms with E-state index < -0.39 is 0 Å². The number of carbonyl (C=O) groups excluding carboxylic acids is 1. The first kappa shape index (κ1) is 18.7. The average molecular weight is 382 g/mol. The molecule has 0 aromatic heterocycles. The molecule has 3 aromatic carbocycles. The summed E-state index contributed by atoms with van der Waals surface area (Å²) in [5, 5.41) is 3.40. The van der Waals surface area contributed by atoms with E-state index in [-0.39, 0.29) is 11.7 Å². The first-order chi connectivity index (χ1) is 13.1. The molecule has 136 valence electrons. The van der Waals surface area contributed by atoms with E-state index in [1.54, 1.807) is 30.3 Å². The van der Waals surface area contributed by atoms with Crippen LogP contribution >= 0.6 is 11.6 Å². The minimum absolute atomic E-state index is 0.222. The quantitative estimate of drug-likeness (QED) is 0.564. The molecule has 5 heteroatoms. The van der Waals surface area contributed by atoms with Crippen molar-refractivity contribution in [2.75, 3.05) is 0 Å². The number of nitrogens with one attached hydrogen (secondary N) is 1. The van der Waals surface area contributed by atoms with E-state index in [1.807, 2.05) is 36.4 Å². The summed E-state index contributed by atoms with van der Waals surface area (Å²) >= 11 is 6.06. The fourth-order valence-corrected chi connectivity index (χ4v) is 2.58. The molecule has 0 saturated heterocycles. The zero-order chi connectivity index (χ0) is 19.1. The van der Waals surface area contributed by atoms with Gasteiger partial charge >= 0.3 is 0 Å². The molecule has 0 radical (unpaired) electrons. The molecular formula is C22H17ClFNO2. The normalized spacial score (nSPS) is 10.7. The van der Waals surface area contributed by atoms with Gasteiger partial charge in [-0.1, -0.05) is 41.9 Å². The van der Waals surface area contributed by atoms with E-state index in [1.165, 1.54) is 18.2 Å². The first-order valence-corrected chi connectivity index (χ1v) is 8.71. The van der Waals surface area contributed by atoms with Crippen LogP contribution in [0.5, 0.6) is 11.5 Å². The number of halogens is 2. The van der Waals surface area contributed by atoms with Gasteiger partial charge in [0, 0.05) is 17.6 Å². The smallest absolute Gasteiger partial charge is 0.244 e. The topological polar surface area (TPSA) is 38.3 Å². The predicted molar refractivity (Wildman–Crippen MR) is 105 cm³/mol. The molecule has 0 spiro atoms. The fraction of sp³-hybridized carbons (Fsp3) is 0.0455. The molecule has 0 saturated carbocycles. The Hall–Kier alpha value is -3.11. The highest BCUT2D eigenvalue weighted by atomic mass is 35.5. The standard InChI is InChI=1S/C22H17ClFNO2/c23-21-7-2-1-5-17(21)8-13-22(26)25-15-16-4-3-6-20(14-16)27-19-11-9-18(24)10-12-19/h1-14H,15H2,(H,25,26)/b13-8+. The van der Waals surface area contributed by atoms with Crippen LogP contribution in [-0.2, 0) is 11.3 Å². The Kier molecular flexibility index (Phi) is 6.23. The van der Waals surface area contributed by atoms with Gasteiger partial charge in [-0.2, -0.15) is 0 Å². The van der Waals surface area contributed by atoms with Gasteiger partial charge in [-0.25, -0.2) is 4.39 Å². The van der Waals surface area contributed by atoms with Gasteiger partial charge in [0.05, 0.1) is 0 Å². The second-order valence-corrected chi connectivity index (χ2v) is 6.18. The summed E-state index contributed by atoms with van der Waals surface area (Å²) in [6.07, 6.45) is 3.12. The maximum Gasteiger partial charge on any atom is 0.244 e. The third kappa shape index (κ3) is 5.69. The first-order valence-electron chi connectivity index (χ1n) is 8.33. The minimum atomic E-state index is -0.316. The van der Waals surface area contributed by atoms with Crippen LogP contribution in [0.4, 0.5) is 4.39 Å². The highest BCUT2D eigenvalue weighted by Crippen LogP contribution is 2.22. The van der Waals surface area contributed by atoms with Crippen molar-refractivity contribution in [3.63, 3.8) is 0 Å². The Labute approximate surface area is 162 Å². The molecule has 0 bridgehead atoms. The maximum atomic E-state index is 13.0. The van der Waals surface area contributed by atoms with Crippen LogP contribution in [0.15, 0.2) is 78.9 Å². The number of carbonyl (C=O) groups is 1. The maximum absolute atomic E-state index is 13.0. The van der Waals surface area contributed by atoms with Gasteiger partial charge in [0.15, 0.2) is 0 Å². The molecular weight excluding hydrogens is 365 g/mol. The summed E-state index contributed by atoms with van der Waals surface area (Å²) in [6, 6.07) is 20.4. The van der Waals surface area contributed by atoms with E-state index in [0.717, 1.165) is 11.1 Å². The van der Waals surface area contributed by atoms with Gasteiger partial charge in [0.25, 0.3) is 0 Å². The van der Waals surface area contributed by atoms with Crippen LogP contribution in [-0.4, -0.2) is 5.91 Å². The van der Waals surface area contributed by atoms with Gasteiger partial charge in [-0.05, 0) is 59.7 Å². The molecule has 0 heterocycles. The van der Waals surface area contributed by atoms with Gasteiger partial charge in [-0.3, -0.25) is 4.79 Å². The van der Waals surface area contributed by atoms with Crippen molar-refractivity contribution in [3.8, 4) is 11.5 Å². The van der Waals surface area contributed by atoms with Crippen molar-refractivity contribution >= 4 is 23.6 Å². The van der Waals surface area contributed by atoms with Gasteiger partial charge in [-0.15, -0.1) is 0 Å². The van der Waals surface area contributed by atoms with Crippen LogP contribution in [0, 0.1) is 5.82 Å². The molecule has 27 heavy (non-hydrogen) atoms. The van der Waals surface area contributed by atoms with Crippen molar-refractivity contribution in [1.82, 2.24) is 5.32 Å². The number of ether oxygens (including phenoxy) is 1. The van der Waals surface area contributed by atoms with Gasteiger partial charge in [0.1, 0.15) is 17.3 Å².